The van der Waals surface area contributed by atoms with Gasteiger partial charge in [-0.3, -0.25) is 4.79 Å². The second-order valence-electron chi connectivity index (χ2n) is 5.40. The van der Waals surface area contributed by atoms with E-state index in [1.807, 2.05) is 30.3 Å². The molecule has 0 bridgehead atoms. The maximum absolute atomic E-state index is 12.2. The summed E-state index contributed by atoms with van der Waals surface area (Å²) in [6, 6.07) is 16.5. The van der Waals surface area contributed by atoms with Gasteiger partial charge in [0.25, 0.3) is 5.56 Å². The van der Waals surface area contributed by atoms with Crippen molar-refractivity contribution < 1.29 is 5.11 Å². The summed E-state index contributed by atoms with van der Waals surface area (Å²) < 4.78 is 1.60. The van der Waals surface area contributed by atoms with Crippen LogP contribution in [0.1, 0.15) is 9.88 Å². The summed E-state index contributed by atoms with van der Waals surface area (Å²) in [4.78, 5) is 16.6. The summed E-state index contributed by atoms with van der Waals surface area (Å²) in [5, 5.41) is 22.2. The number of halogens is 1. The number of benzene rings is 2. The first kappa shape index (κ1) is 16.7. The molecular weight excluding hydrogens is 388 g/mol. The average Bonchev–Trinajstić information content (AvgIpc) is 2.99. The molecule has 4 aromatic rings. The van der Waals surface area contributed by atoms with Gasteiger partial charge >= 0.3 is 0 Å². The Morgan fingerprint density at radius 3 is 2.31 bits per heavy atom. The summed E-state index contributed by atoms with van der Waals surface area (Å²) in [5.74, 6) is -0.267. The fraction of sp³-hybridized carbons (Fsp3) is 0. The van der Waals surface area contributed by atoms with Gasteiger partial charge in [-0.05, 0) is 18.2 Å². The van der Waals surface area contributed by atoms with E-state index in [0.29, 0.717) is 20.0 Å². The number of hydrogen-bond acceptors (Lipinski definition) is 6. The molecule has 0 saturated carbocycles. The Balaban J connectivity index is 1.97. The van der Waals surface area contributed by atoms with E-state index in [0.717, 1.165) is 10.1 Å². The smallest absolute Gasteiger partial charge is 0.279 e. The largest absolute Gasteiger partial charge is 0.505 e. The van der Waals surface area contributed by atoms with E-state index in [2.05, 4.69) is 4.98 Å². The second-order valence-corrected chi connectivity index (χ2v) is 7.86. The standard InChI is InChI=1S/C19H9ClN2O2S2/c20-15-10-5-1-3-7-13(10)25-17(15)16(23)12(9-21)19-22-18(24)11-6-2-4-8-14(11)26-19/h1-8,23H. The second kappa shape index (κ2) is 6.54. The van der Waals surface area contributed by atoms with Crippen LogP contribution in [0, 0.1) is 11.3 Å². The number of thiophene rings is 1. The Morgan fingerprint density at radius 1 is 1.04 bits per heavy atom. The molecule has 0 aliphatic heterocycles. The molecule has 126 valence electrons. The maximum atomic E-state index is 12.2. The minimum atomic E-state index is -0.433. The number of aromatic nitrogens is 1. The summed E-state index contributed by atoms with van der Waals surface area (Å²) >= 11 is 8.86. The van der Waals surface area contributed by atoms with Crippen molar-refractivity contribution in [3.63, 3.8) is 0 Å². The quantitative estimate of drug-likeness (QED) is 0.360. The van der Waals surface area contributed by atoms with Gasteiger partial charge in [0.2, 0.25) is 0 Å². The zero-order chi connectivity index (χ0) is 18.3. The highest BCUT2D eigenvalue weighted by Crippen LogP contribution is 2.40. The van der Waals surface area contributed by atoms with E-state index in [9.17, 15) is 15.2 Å². The van der Waals surface area contributed by atoms with E-state index in [-0.39, 0.29) is 16.3 Å². The monoisotopic (exact) mass is 396 g/mol. The summed E-state index contributed by atoms with van der Waals surface area (Å²) in [6.07, 6.45) is 0. The maximum Gasteiger partial charge on any atom is 0.279 e. The number of aliphatic hydroxyl groups is 1. The number of nitrogens with zero attached hydrogens (tertiary/aromatic N) is 2. The number of nitriles is 1. The molecule has 0 aliphatic rings. The van der Waals surface area contributed by atoms with Crippen molar-refractivity contribution >= 4 is 65.8 Å². The fourth-order valence-electron chi connectivity index (χ4n) is 2.60. The van der Waals surface area contributed by atoms with Gasteiger partial charge in [0, 0.05) is 14.8 Å². The van der Waals surface area contributed by atoms with Crippen LogP contribution in [0.5, 0.6) is 0 Å². The van der Waals surface area contributed by atoms with E-state index in [4.69, 9.17) is 11.6 Å². The predicted octanol–water partition coefficient (Wildman–Crippen LogP) is 5.47. The highest BCUT2D eigenvalue weighted by Gasteiger charge is 2.20. The van der Waals surface area contributed by atoms with Gasteiger partial charge in [0.05, 0.1) is 15.3 Å². The number of allylic oxidation sites excluding steroid dienone is 1. The number of aliphatic hydroxyl groups excluding tert-OH is 1. The topological polar surface area (TPSA) is 74.0 Å². The molecule has 0 atom stereocenters. The Labute approximate surface area is 160 Å². The normalized spacial score (nSPS) is 12.2. The molecule has 4 rings (SSSR count). The summed E-state index contributed by atoms with van der Waals surface area (Å²) in [7, 11) is 0. The van der Waals surface area contributed by atoms with Gasteiger partial charge in [0.15, 0.2) is 5.76 Å². The molecule has 2 heterocycles. The average molecular weight is 397 g/mol. The molecule has 0 unspecified atom stereocenters. The minimum absolute atomic E-state index is 0.0636. The molecule has 0 spiro atoms. The van der Waals surface area contributed by atoms with Crippen molar-refractivity contribution in [3.05, 3.63) is 73.8 Å². The van der Waals surface area contributed by atoms with E-state index < -0.39 is 5.56 Å². The van der Waals surface area contributed by atoms with E-state index in [1.165, 1.54) is 22.7 Å². The molecule has 1 N–H and O–H groups in total. The zero-order valence-corrected chi connectivity index (χ0v) is 15.5. The van der Waals surface area contributed by atoms with Crippen molar-refractivity contribution in [1.82, 2.24) is 4.98 Å². The molecule has 2 aromatic carbocycles. The van der Waals surface area contributed by atoms with Crippen LogP contribution in [-0.2, 0) is 0 Å². The first-order valence-corrected chi connectivity index (χ1v) is 9.52. The van der Waals surface area contributed by atoms with Gasteiger partial charge < -0.3 is 5.11 Å². The molecule has 0 amide bonds. The third-order valence-corrected chi connectivity index (χ3v) is 6.59. The first-order valence-electron chi connectivity index (χ1n) is 7.51. The van der Waals surface area contributed by atoms with Gasteiger partial charge in [-0.2, -0.15) is 10.2 Å². The SMILES string of the molecule is N#CC(=C(O)c1sc2ccccc2c1Cl)c1nc(=O)c2ccccc2s1. The Bertz CT molecular complexity index is 1300. The number of fused-ring (bicyclic) bond motifs is 2. The molecular formula is C19H9ClN2O2S2. The van der Waals surface area contributed by atoms with Crippen molar-refractivity contribution in [2.24, 2.45) is 0 Å². The van der Waals surface area contributed by atoms with Crippen molar-refractivity contribution in [1.29, 1.82) is 5.26 Å². The molecule has 26 heavy (non-hydrogen) atoms. The third kappa shape index (κ3) is 2.67. The van der Waals surface area contributed by atoms with Crippen LogP contribution in [0.25, 0.3) is 31.5 Å². The van der Waals surface area contributed by atoms with E-state index in [1.54, 1.807) is 24.3 Å². The van der Waals surface area contributed by atoms with Crippen molar-refractivity contribution in [2.45, 2.75) is 0 Å². The van der Waals surface area contributed by atoms with Crippen LogP contribution >= 0.6 is 34.3 Å². The van der Waals surface area contributed by atoms with Gasteiger partial charge in [-0.15, -0.1) is 22.7 Å². The Morgan fingerprint density at radius 2 is 1.65 bits per heavy atom. The van der Waals surface area contributed by atoms with Crippen molar-refractivity contribution in [3.8, 4) is 6.07 Å². The molecule has 0 fully saturated rings. The fourth-order valence-corrected chi connectivity index (χ4v) is 5.06. The Hall–Kier alpha value is -2.72. The lowest BCUT2D eigenvalue weighted by Gasteiger charge is -2.03. The lowest BCUT2D eigenvalue weighted by atomic mass is 10.2. The molecule has 0 aliphatic carbocycles. The highest BCUT2D eigenvalue weighted by molar-refractivity contribution is 7.21. The van der Waals surface area contributed by atoms with Crippen molar-refractivity contribution in [2.75, 3.05) is 0 Å². The molecule has 0 radical (unpaired) electrons. The Kier molecular flexibility index (Phi) is 4.21. The van der Waals surface area contributed by atoms with Gasteiger partial charge in [0.1, 0.15) is 16.6 Å². The lowest BCUT2D eigenvalue weighted by molar-refractivity contribution is 0.516. The highest BCUT2D eigenvalue weighted by atomic mass is 35.5. The summed E-state index contributed by atoms with van der Waals surface area (Å²) in [6.45, 7) is 0. The third-order valence-electron chi connectivity index (χ3n) is 3.84. The van der Waals surface area contributed by atoms with Crippen LogP contribution in [0.15, 0.2) is 53.3 Å². The summed E-state index contributed by atoms with van der Waals surface area (Å²) in [5.41, 5.74) is -0.497. The lowest BCUT2D eigenvalue weighted by Crippen LogP contribution is -2.07. The molecule has 7 heteroatoms. The van der Waals surface area contributed by atoms with Crippen LogP contribution in [-0.4, -0.2) is 10.1 Å². The molecule has 4 nitrogen and oxygen atoms in total. The molecule has 2 aromatic heterocycles. The predicted molar refractivity (Wildman–Crippen MR) is 108 cm³/mol. The van der Waals surface area contributed by atoms with Gasteiger partial charge in [-0.25, -0.2) is 0 Å². The van der Waals surface area contributed by atoms with Crippen LogP contribution in [0.2, 0.25) is 5.02 Å². The van der Waals surface area contributed by atoms with Gasteiger partial charge in [-0.1, -0.05) is 41.9 Å². The van der Waals surface area contributed by atoms with Crippen LogP contribution in [0.4, 0.5) is 0 Å². The zero-order valence-electron chi connectivity index (χ0n) is 13.1. The number of rotatable bonds is 2. The van der Waals surface area contributed by atoms with Crippen LogP contribution < -0.4 is 5.56 Å². The first-order chi connectivity index (χ1) is 12.6. The van der Waals surface area contributed by atoms with E-state index >= 15 is 0 Å². The molecule has 0 saturated heterocycles. The minimum Gasteiger partial charge on any atom is -0.505 e. The number of hydrogen-bond donors (Lipinski definition) is 1. The van der Waals surface area contributed by atoms with Crippen LogP contribution in [0.3, 0.4) is 0 Å².